The Morgan fingerprint density at radius 2 is 1.72 bits per heavy atom. The van der Waals surface area contributed by atoms with Crippen LogP contribution in [0.15, 0.2) is 71.6 Å². The lowest BCUT2D eigenvalue weighted by atomic mass is 10.1. The fourth-order valence-electron chi connectivity index (χ4n) is 3.25. The van der Waals surface area contributed by atoms with E-state index >= 15 is 0 Å². The number of ether oxygens (including phenoxy) is 2. The average Bonchev–Trinajstić information content (AvgIpc) is 2.82. The van der Waals surface area contributed by atoms with Gasteiger partial charge in [-0.1, -0.05) is 35.9 Å². The van der Waals surface area contributed by atoms with Gasteiger partial charge in [0, 0.05) is 19.2 Å². The number of carbonyl (C=O) groups excluding carboxylic acids is 1. The molecule has 0 bridgehead atoms. The standard InChI is InChI=1S/C23H21ClN2O5S/c1-26(18-5-3-2-4-6-18)32(28,29)22-14-17(8-9-19(22)24)23(27)25-15-16-7-10-20-21(13-16)31-12-11-30-20/h2-10,13-14H,11-12,15H2,1H3,(H,25,27). The Bertz CT molecular complexity index is 1250. The highest BCUT2D eigenvalue weighted by atomic mass is 35.5. The lowest BCUT2D eigenvalue weighted by Gasteiger charge is -2.20. The van der Waals surface area contributed by atoms with Crippen molar-refractivity contribution in [3.63, 3.8) is 0 Å². The molecule has 0 saturated carbocycles. The molecule has 3 aromatic rings. The number of benzene rings is 3. The van der Waals surface area contributed by atoms with Crippen LogP contribution in [0.1, 0.15) is 15.9 Å². The molecule has 9 heteroatoms. The predicted octanol–water partition coefficient (Wildman–Crippen LogP) is 3.87. The lowest BCUT2D eigenvalue weighted by molar-refractivity contribution is 0.0950. The molecule has 0 aliphatic carbocycles. The molecule has 7 nitrogen and oxygen atoms in total. The molecule has 0 atom stereocenters. The van der Waals surface area contributed by atoms with Crippen LogP contribution >= 0.6 is 11.6 Å². The summed E-state index contributed by atoms with van der Waals surface area (Å²) in [5, 5.41) is 2.83. The van der Waals surface area contributed by atoms with E-state index in [9.17, 15) is 13.2 Å². The van der Waals surface area contributed by atoms with E-state index in [4.69, 9.17) is 21.1 Å². The summed E-state index contributed by atoms with van der Waals surface area (Å²) >= 11 is 6.19. The summed E-state index contributed by atoms with van der Waals surface area (Å²) in [6.45, 7) is 1.22. The van der Waals surface area contributed by atoms with E-state index in [0.717, 1.165) is 9.87 Å². The van der Waals surface area contributed by atoms with Gasteiger partial charge < -0.3 is 14.8 Å². The maximum absolute atomic E-state index is 13.1. The van der Waals surface area contributed by atoms with Crippen molar-refractivity contribution in [2.45, 2.75) is 11.4 Å². The molecule has 3 aromatic carbocycles. The summed E-state index contributed by atoms with van der Waals surface area (Å²) in [4.78, 5) is 12.6. The molecule has 1 heterocycles. The molecule has 0 unspecified atom stereocenters. The monoisotopic (exact) mass is 472 g/mol. The summed E-state index contributed by atoms with van der Waals surface area (Å²) in [5.41, 5.74) is 1.50. The van der Waals surface area contributed by atoms with Gasteiger partial charge in [0.1, 0.15) is 18.1 Å². The van der Waals surface area contributed by atoms with Gasteiger partial charge in [-0.05, 0) is 48.0 Å². The van der Waals surface area contributed by atoms with Gasteiger partial charge in [0.2, 0.25) is 0 Å². The summed E-state index contributed by atoms with van der Waals surface area (Å²) in [7, 11) is -2.53. The zero-order valence-electron chi connectivity index (χ0n) is 17.2. The number of nitrogens with one attached hydrogen (secondary N) is 1. The Morgan fingerprint density at radius 3 is 2.47 bits per heavy atom. The van der Waals surface area contributed by atoms with Crippen molar-refractivity contribution in [2.24, 2.45) is 0 Å². The first kappa shape index (κ1) is 22.0. The van der Waals surface area contributed by atoms with Crippen molar-refractivity contribution in [1.82, 2.24) is 5.32 Å². The highest BCUT2D eigenvalue weighted by Gasteiger charge is 2.25. The first-order chi connectivity index (χ1) is 15.4. The van der Waals surface area contributed by atoms with Gasteiger partial charge in [-0.2, -0.15) is 0 Å². The average molecular weight is 473 g/mol. The highest BCUT2D eigenvalue weighted by Crippen LogP contribution is 2.31. The fourth-order valence-corrected chi connectivity index (χ4v) is 4.94. The van der Waals surface area contributed by atoms with Crippen molar-refractivity contribution in [3.8, 4) is 11.5 Å². The van der Waals surface area contributed by atoms with Gasteiger partial charge in [-0.25, -0.2) is 8.42 Å². The Balaban J connectivity index is 1.52. The lowest BCUT2D eigenvalue weighted by Crippen LogP contribution is -2.28. The molecule has 1 aliphatic rings. The molecule has 0 spiro atoms. The van der Waals surface area contributed by atoms with Crippen molar-refractivity contribution >= 4 is 33.2 Å². The van der Waals surface area contributed by atoms with Crippen LogP contribution < -0.4 is 19.1 Å². The molecule has 1 aliphatic heterocycles. The van der Waals surface area contributed by atoms with Gasteiger partial charge in [0.05, 0.1) is 10.7 Å². The number of fused-ring (bicyclic) bond motifs is 1. The number of rotatable bonds is 6. The number of hydrogen-bond donors (Lipinski definition) is 1. The van der Waals surface area contributed by atoms with Crippen LogP contribution in [0.4, 0.5) is 5.69 Å². The number of amides is 1. The second kappa shape index (κ2) is 9.10. The maximum atomic E-state index is 13.1. The van der Waals surface area contributed by atoms with E-state index in [1.807, 2.05) is 6.07 Å². The Morgan fingerprint density at radius 1 is 1.00 bits per heavy atom. The predicted molar refractivity (Wildman–Crippen MR) is 122 cm³/mol. The van der Waals surface area contributed by atoms with Gasteiger partial charge in [-0.3, -0.25) is 9.10 Å². The van der Waals surface area contributed by atoms with Crippen LogP contribution in [-0.4, -0.2) is 34.6 Å². The molecule has 4 rings (SSSR count). The van der Waals surface area contributed by atoms with Gasteiger partial charge in [0.15, 0.2) is 11.5 Å². The van der Waals surface area contributed by atoms with Crippen molar-refractivity contribution in [3.05, 3.63) is 82.9 Å². The minimum absolute atomic E-state index is 0.0381. The summed E-state index contributed by atoms with van der Waals surface area (Å²) in [6.07, 6.45) is 0. The molecule has 1 N–H and O–H groups in total. The highest BCUT2D eigenvalue weighted by molar-refractivity contribution is 7.93. The summed E-state index contributed by atoms with van der Waals surface area (Å²) in [5.74, 6) is 0.878. The quantitative estimate of drug-likeness (QED) is 0.588. The Labute approximate surface area is 191 Å². The number of sulfonamides is 1. The zero-order valence-corrected chi connectivity index (χ0v) is 18.8. The van der Waals surface area contributed by atoms with Crippen LogP contribution in [0.25, 0.3) is 0 Å². The normalized spacial score (nSPS) is 12.8. The molecular weight excluding hydrogens is 452 g/mol. The number of carbonyl (C=O) groups is 1. The van der Waals surface area contributed by atoms with Gasteiger partial charge >= 0.3 is 0 Å². The van der Waals surface area contributed by atoms with Crippen LogP contribution in [0.2, 0.25) is 5.02 Å². The topological polar surface area (TPSA) is 84.9 Å². The molecule has 0 saturated heterocycles. The number of nitrogens with zero attached hydrogens (tertiary/aromatic N) is 1. The minimum atomic E-state index is -3.97. The largest absolute Gasteiger partial charge is 0.486 e. The summed E-state index contributed by atoms with van der Waals surface area (Å²) < 4.78 is 38.4. The first-order valence-corrected chi connectivity index (χ1v) is 11.7. The number of halogens is 1. The van der Waals surface area contributed by atoms with Crippen LogP contribution in [-0.2, 0) is 16.6 Å². The fraction of sp³-hybridized carbons (Fsp3) is 0.174. The molecule has 1 amide bonds. The first-order valence-electron chi connectivity index (χ1n) is 9.86. The third kappa shape index (κ3) is 4.51. The van der Waals surface area contributed by atoms with Crippen molar-refractivity contribution in [2.75, 3.05) is 24.6 Å². The van der Waals surface area contributed by atoms with E-state index in [-0.39, 0.29) is 22.0 Å². The van der Waals surface area contributed by atoms with E-state index in [1.165, 1.54) is 25.2 Å². The number of hydrogen-bond acceptors (Lipinski definition) is 5. The molecule has 0 radical (unpaired) electrons. The minimum Gasteiger partial charge on any atom is -0.486 e. The molecule has 0 aromatic heterocycles. The zero-order chi connectivity index (χ0) is 22.7. The number of anilines is 1. The van der Waals surface area contributed by atoms with Crippen LogP contribution in [0, 0.1) is 0 Å². The van der Waals surface area contributed by atoms with Crippen LogP contribution in [0.3, 0.4) is 0 Å². The SMILES string of the molecule is CN(c1ccccc1)S(=O)(=O)c1cc(C(=O)NCc2ccc3c(c2)OCCO3)ccc1Cl. The maximum Gasteiger partial charge on any atom is 0.265 e. The van der Waals surface area contributed by atoms with E-state index in [2.05, 4.69) is 5.32 Å². The molecule has 166 valence electrons. The molecular formula is C23H21ClN2O5S. The van der Waals surface area contributed by atoms with Crippen LogP contribution in [0.5, 0.6) is 11.5 Å². The van der Waals surface area contributed by atoms with Gasteiger partial charge in [0.25, 0.3) is 15.9 Å². The van der Waals surface area contributed by atoms with E-state index < -0.39 is 15.9 Å². The third-order valence-electron chi connectivity index (χ3n) is 5.01. The van der Waals surface area contributed by atoms with E-state index in [1.54, 1.807) is 42.5 Å². The third-order valence-corrected chi connectivity index (χ3v) is 7.28. The molecule has 32 heavy (non-hydrogen) atoms. The van der Waals surface area contributed by atoms with E-state index in [0.29, 0.717) is 30.4 Å². The summed E-state index contributed by atoms with van der Waals surface area (Å²) in [6, 6.07) is 18.2. The Kier molecular flexibility index (Phi) is 6.25. The molecule has 0 fully saturated rings. The van der Waals surface area contributed by atoms with Crippen molar-refractivity contribution < 1.29 is 22.7 Å². The number of para-hydroxylation sites is 1. The van der Waals surface area contributed by atoms with Gasteiger partial charge in [-0.15, -0.1) is 0 Å². The second-order valence-electron chi connectivity index (χ2n) is 7.11. The second-order valence-corrected chi connectivity index (χ2v) is 9.46. The smallest absolute Gasteiger partial charge is 0.265 e. The Hall–Kier alpha value is -3.23. The van der Waals surface area contributed by atoms with Crippen molar-refractivity contribution in [1.29, 1.82) is 0 Å².